The molecule has 1 aromatic carbocycles. The number of esters is 1. The van der Waals surface area contributed by atoms with Crippen LogP contribution in [0.3, 0.4) is 0 Å². The van der Waals surface area contributed by atoms with Gasteiger partial charge in [-0.3, -0.25) is 4.79 Å². The predicted octanol–water partition coefficient (Wildman–Crippen LogP) is 1.79. The Kier molecular flexibility index (Phi) is 5.86. The lowest BCUT2D eigenvalue weighted by Crippen LogP contribution is -2.42. The molecule has 1 aliphatic carbocycles. The highest BCUT2D eigenvalue weighted by molar-refractivity contribution is 7.89. The first kappa shape index (κ1) is 19.8. The summed E-state index contributed by atoms with van der Waals surface area (Å²) in [4.78, 5) is 23.8. The Hall–Kier alpha value is -1.93. The van der Waals surface area contributed by atoms with E-state index in [2.05, 4.69) is 19.2 Å². The highest BCUT2D eigenvalue weighted by atomic mass is 32.2. The monoisotopic (exact) mass is 394 g/mol. The van der Waals surface area contributed by atoms with E-state index in [1.807, 2.05) is 0 Å². The summed E-state index contributed by atoms with van der Waals surface area (Å²) in [6.07, 6.45) is 2.94. The van der Waals surface area contributed by atoms with Gasteiger partial charge in [0.25, 0.3) is 5.91 Å². The first-order valence-electron chi connectivity index (χ1n) is 9.32. The lowest BCUT2D eigenvalue weighted by Gasteiger charge is -2.34. The molecule has 2 aliphatic rings. The summed E-state index contributed by atoms with van der Waals surface area (Å²) in [5.41, 5.74) is 0.216. The van der Waals surface area contributed by atoms with Gasteiger partial charge in [-0.1, -0.05) is 13.8 Å². The second-order valence-corrected chi connectivity index (χ2v) is 9.65. The fourth-order valence-electron chi connectivity index (χ4n) is 3.43. The number of sulfonamides is 1. The molecule has 2 fully saturated rings. The third-order valence-electron chi connectivity index (χ3n) is 4.84. The van der Waals surface area contributed by atoms with Gasteiger partial charge in [-0.15, -0.1) is 0 Å². The van der Waals surface area contributed by atoms with Crippen LogP contribution in [-0.4, -0.2) is 50.3 Å². The quantitative estimate of drug-likeness (QED) is 0.743. The van der Waals surface area contributed by atoms with Crippen LogP contribution in [0.4, 0.5) is 0 Å². The number of nitrogens with one attached hydrogen (secondary N) is 1. The fourth-order valence-corrected chi connectivity index (χ4v) is 5.11. The summed E-state index contributed by atoms with van der Waals surface area (Å²) in [5.74, 6) is -0.331. The Labute approximate surface area is 160 Å². The number of carbonyl (C=O) groups is 2. The van der Waals surface area contributed by atoms with Crippen molar-refractivity contribution in [1.29, 1.82) is 0 Å². The van der Waals surface area contributed by atoms with Crippen molar-refractivity contribution in [3.8, 4) is 0 Å². The zero-order valence-electron chi connectivity index (χ0n) is 15.7. The van der Waals surface area contributed by atoms with Gasteiger partial charge < -0.3 is 10.1 Å². The van der Waals surface area contributed by atoms with Gasteiger partial charge >= 0.3 is 5.97 Å². The molecule has 0 spiro atoms. The van der Waals surface area contributed by atoms with Gasteiger partial charge in [0.05, 0.1) is 10.5 Å². The van der Waals surface area contributed by atoms with Gasteiger partial charge in [0.1, 0.15) is 0 Å². The topological polar surface area (TPSA) is 92.8 Å². The van der Waals surface area contributed by atoms with Crippen molar-refractivity contribution in [2.24, 2.45) is 11.8 Å². The standard InChI is InChI=1S/C19H26N2O5S/c1-13-9-14(2)11-21(10-13)27(24,25)17-7-3-15(4-8-17)19(23)26-12-18(22)20-16-5-6-16/h3-4,7-8,13-14,16H,5-6,9-12H2,1-2H3,(H,20,22)/t13-,14+. The summed E-state index contributed by atoms with van der Waals surface area (Å²) in [6.45, 7) is 4.78. The molecule has 1 amide bonds. The molecule has 1 saturated heterocycles. The van der Waals surface area contributed by atoms with Gasteiger partial charge in [0.15, 0.2) is 6.61 Å². The van der Waals surface area contributed by atoms with E-state index >= 15 is 0 Å². The number of nitrogens with zero attached hydrogens (tertiary/aromatic N) is 1. The maximum absolute atomic E-state index is 12.8. The SMILES string of the molecule is C[C@@H]1C[C@H](C)CN(S(=O)(=O)c2ccc(C(=O)OCC(=O)NC3CC3)cc2)C1. The predicted molar refractivity (Wildman–Crippen MR) is 99.6 cm³/mol. The van der Waals surface area contributed by atoms with Crippen LogP contribution in [0.5, 0.6) is 0 Å². The largest absolute Gasteiger partial charge is 0.452 e. The van der Waals surface area contributed by atoms with Crippen LogP contribution in [0, 0.1) is 11.8 Å². The van der Waals surface area contributed by atoms with Gasteiger partial charge in [0.2, 0.25) is 10.0 Å². The minimum atomic E-state index is -3.59. The van der Waals surface area contributed by atoms with Gasteiger partial charge in [-0.05, 0) is 55.4 Å². The lowest BCUT2D eigenvalue weighted by molar-refractivity contribution is -0.124. The maximum Gasteiger partial charge on any atom is 0.338 e. The number of benzene rings is 1. The third-order valence-corrected chi connectivity index (χ3v) is 6.69. The summed E-state index contributed by atoms with van der Waals surface area (Å²) in [7, 11) is -3.59. The molecule has 0 aromatic heterocycles. The highest BCUT2D eigenvalue weighted by Crippen LogP contribution is 2.26. The smallest absolute Gasteiger partial charge is 0.338 e. The van der Waals surface area contributed by atoms with Crippen molar-refractivity contribution in [3.63, 3.8) is 0 Å². The molecule has 1 aliphatic heterocycles. The van der Waals surface area contributed by atoms with Crippen LogP contribution in [0.1, 0.15) is 43.5 Å². The number of rotatable bonds is 6. The van der Waals surface area contributed by atoms with E-state index in [-0.39, 0.29) is 29.0 Å². The number of piperidine rings is 1. The molecule has 2 atom stereocenters. The molecule has 27 heavy (non-hydrogen) atoms. The van der Waals surface area contributed by atoms with E-state index in [4.69, 9.17) is 4.74 Å². The second kappa shape index (κ2) is 7.98. The fraction of sp³-hybridized carbons (Fsp3) is 0.579. The molecule has 1 heterocycles. The summed E-state index contributed by atoms with van der Waals surface area (Å²) < 4.78 is 32.2. The zero-order valence-corrected chi connectivity index (χ0v) is 16.5. The number of carbonyl (C=O) groups excluding carboxylic acids is 2. The molecular formula is C19H26N2O5S. The molecule has 0 unspecified atom stereocenters. The van der Waals surface area contributed by atoms with Crippen LogP contribution < -0.4 is 5.32 Å². The van der Waals surface area contributed by atoms with E-state index in [1.54, 1.807) is 0 Å². The van der Waals surface area contributed by atoms with Crippen molar-refractivity contribution in [2.75, 3.05) is 19.7 Å². The molecule has 8 heteroatoms. The average molecular weight is 394 g/mol. The number of amides is 1. The van der Waals surface area contributed by atoms with Crippen LogP contribution in [0.25, 0.3) is 0 Å². The molecule has 1 N–H and O–H groups in total. The normalized spacial score (nSPS) is 23.6. The number of ether oxygens (including phenoxy) is 1. The second-order valence-electron chi connectivity index (χ2n) is 7.71. The first-order valence-corrected chi connectivity index (χ1v) is 10.8. The van der Waals surface area contributed by atoms with Crippen molar-refractivity contribution in [3.05, 3.63) is 29.8 Å². The van der Waals surface area contributed by atoms with Gasteiger partial charge in [-0.2, -0.15) is 4.31 Å². The van der Waals surface area contributed by atoms with Crippen molar-refractivity contribution < 1.29 is 22.7 Å². The van der Waals surface area contributed by atoms with Crippen LogP contribution >= 0.6 is 0 Å². The van der Waals surface area contributed by atoms with E-state index in [9.17, 15) is 18.0 Å². The minimum Gasteiger partial charge on any atom is -0.452 e. The zero-order chi connectivity index (χ0) is 19.6. The molecule has 3 rings (SSSR count). The molecular weight excluding hydrogens is 368 g/mol. The molecule has 7 nitrogen and oxygen atoms in total. The first-order chi connectivity index (χ1) is 12.8. The van der Waals surface area contributed by atoms with E-state index < -0.39 is 16.0 Å². The maximum atomic E-state index is 12.8. The summed E-state index contributed by atoms with van der Waals surface area (Å²) >= 11 is 0. The summed E-state index contributed by atoms with van der Waals surface area (Å²) in [6, 6.07) is 5.89. The van der Waals surface area contributed by atoms with Gasteiger partial charge in [0, 0.05) is 19.1 Å². The molecule has 1 aromatic rings. The Morgan fingerprint density at radius 3 is 2.26 bits per heavy atom. The van der Waals surface area contributed by atoms with Crippen LogP contribution in [0.15, 0.2) is 29.2 Å². The molecule has 0 radical (unpaired) electrons. The third kappa shape index (κ3) is 5.07. The van der Waals surface area contributed by atoms with Gasteiger partial charge in [-0.25, -0.2) is 13.2 Å². The van der Waals surface area contributed by atoms with Crippen molar-refractivity contribution in [1.82, 2.24) is 9.62 Å². The van der Waals surface area contributed by atoms with E-state index in [0.717, 1.165) is 19.3 Å². The van der Waals surface area contributed by atoms with Crippen molar-refractivity contribution in [2.45, 2.75) is 44.0 Å². The Morgan fingerprint density at radius 1 is 1.11 bits per heavy atom. The van der Waals surface area contributed by atoms with E-state index in [1.165, 1.54) is 28.6 Å². The molecule has 1 saturated carbocycles. The highest BCUT2D eigenvalue weighted by Gasteiger charge is 2.31. The average Bonchev–Trinajstić information content (AvgIpc) is 3.43. The van der Waals surface area contributed by atoms with Crippen LogP contribution in [0.2, 0.25) is 0 Å². The lowest BCUT2D eigenvalue weighted by atomic mass is 9.94. The molecule has 148 valence electrons. The Balaban J connectivity index is 1.61. The minimum absolute atomic E-state index is 0.159. The number of hydrogen-bond acceptors (Lipinski definition) is 5. The summed E-state index contributed by atoms with van der Waals surface area (Å²) in [5, 5.41) is 2.73. The van der Waals surface area contributed by atoms with Crippen molar-refractivity contribution >= 4 is 21.9 Å². The van der Waals surface area contributed by atoms with E-state index in [0.29, 0.717) is 24.9 Å². The van der Waals surface area contributed by atoms with Crippen LogP contribution in [-0.2, 0) is 19.6 Å². The Bertz CT molecular complexity index is 792. The Morgan fingerprint density at radius 2 is 1.70 bits per heavy atom. The molecule has 0 bridgehead atoms. The number of hydrogen-bond donors (Lipinski definition) is 1.